The van der Waals surface area contributed by atoms with Crippen LogP contribution in [-0.4, -0.2) is 35.5 Å². The maximum Gasteiger partial charge on any atom is 0.353 e. The molecule has 2 rings (SSSR count). The Kier molecular flexibility index (Phi) is 3.82. The number of aromatic amines is 1. The first-order chi connectivity index (χ1) is 9.15. The topological polar surface area (TPSA) is 84.4 Å². The molecule has 0 fully saturated rings. The molecule has 0 aliphatic rings. The first-order valence-electron chi connectivity index (χ1n) is 5.60. The Morgan fingerprint density at radius 1 is 1.37 bits per heavy atom. The number of carboxylic acid groups (broad SMARTS) is 1. The molecule has 0 amide bonds. The van der Waals surface area contributed by atoms with Crippen LogP contribution >= 0.6 is 0 Å². The molecule has 0 bridgehead atoms. The first-order valence-corrected chi connectivity index (χ1v) is 5.60. The molecule has 100 valence electrons. The van der Waals surface area contributed by atoms with E-state index in [0.717, 1.165) is 11.1 Å². The third kappa shape index (κ3) is 2.74. The molecule has 0 aliphatic carbocycles. The number of rotatable bonds is 5. The zero-order chi connectivity index (χ0) is 13.8. The van der Waals surface area contributed by atoms with Gasteiger partial charge in [-0.25, -0.2) is 4.79 Å². The number of benzene rings is 1. The van der Waals surface area contributed by atoms with Gasteiger partial charge in [0.15, 0.2) is 0 Å². The Morgan fingerprint density at radius 3 is 2.74 bits per heavy atom. The zero-order valence-corrected chi connectivity index (χ0v) is 10.6. The largest absolute Gasteiger partial charge is 0.497 e. The van der Waals surface area contributed by atoms with Crippen molar-refractivity contribution in [2.75, 3.05) is 14.2 Å². The molecule has 2 N–H and O–H groups in total. The molecule has 0 spiro atoms. The van der Waals surface area contributed by atoms with Gasteiger partial charge in [-0.3, -0.25) is 5.10 Å². The van der Waals surface area contributed by atoms with Crippen molar-refractivity contribution in [3.8, 4) is 17.0 Å². The Bertz CT molecular complexity index is 592. The van der Waals surface area contributed by atoms with Gasteiger partial charge in [0.25, 0.3) is 0 Å². The summed E-state index contributed by atoms with van der Waals surface area (Å²) in [5.74, 6) is -0.371. The predicted octanol–water partition coefficient (Wildman–Crippen LogP) is 1.93. The molecule has 1 aromatic heterocycles. The van der Waals surface area contributed by atoms with Gasteiger partial charge in [-0.1, -0.05) is 6.07 Å². The molecular formula is C13H14N2O4. The summed E-state index contributed by atoms with van der Waals surface area (Å²) in [6.07, 6.45) is 0. The van der Waals surface area contributed by atoms with E-state index in [1.54, 1.807) is 20.3 Å². The predicted molar refractivity (Wildman–Crippen MR) is 68.2 cm³/mol. The molecule has 0 saturated heterocycles. The van der Waals surface area contributed by atoms with Crippen molar-refractivity contribution in [1.82, 2.24) is 10.2 Å². The Morgan fingerprint density at radius 2 is 2.16 bits per heavy atom. The minimum Gasteiger partial charge on any atom is -0.497 e. The molecule has 6 heteroatoms. The fraction of sp³-hybridized carbons (Fsp3) is 0.231. The number of H-pyrrole nitrogens is 1. The molecule has 1 aromatic carbocycles. The molecule has 2 aromatic rings. The van der Waals surface area contributed by atoms with Crippen molar-refractivity contribution >= 4 is 5.97 Å². The van der Waals surface area contributed by atoms with E-state index in [-0.39, 0.29) is 5.69 Å². The van der Waals surface area contributed by atoms with Crippen LogP contribution in [0.25, 0.3) is 11.3 Å². The maximum absolute atomic E-state index is 10.9. The number of hydrogen-bond acceptors (Lipinski definition) is 4. The van der Waals surface area contributed by atoms with Gasteiger partial charge >= 0.3 is 5.97 Å². The molecule has 0 unspecified atom stereocenters. The number of carbonyl (C=O) groups is 1. The summed E-state index contributed by atoms with van der Waals surface area (Å²) in [5.41, 5.74) is 2.28. The highest BCUT2D eigenvalue weighted by molar-refractivity contribution is 5.87. The van der Waals surface area contributed by atoms with Gasteiger partial charge in [-0.15, -0.1) is 0 Å². The minimum absolute atomic E-state index is 0.0428. The summed E-state index contributed by atoms with van der Waals surface area (Å²) < 4.78 is 10.3. The molecule has 19 heavy (non-hydrogen) atoms. The number of nitrogens with zero attached hydrogens (tertiary/aromatic N) is 1. The molecule has 0 radical (unpaired) electrons. The minimum atomic E-state index is -1.05. The highest BCUT2D eigenvalue weighted by Gasteiger charge is 2.13. The van der Waals surface area contributed by atoms with Crippen LogP contribution in [-0.2, 0) is 11.3 Å². The van der Waals surface area contributed by atoms with E-state index >= 15 is 0 Å². The lowest BCUT2D eigenvalue weighted by molar-refractivity contribution is 0.0690. The fourth-order valence-corrected chi connectivity index (χ4v) is 1.77. The van der Waals surface area contributed by atoms with E-state index in [1.165, 1.54) is 6.07 Å². The third-order valence-electron chi connectivity index (χ3n) is 2.70. The van der Waals surface area contributed by atoms with Crippen LogP contribution in [0.3, 0.4) is 0 Å². The van der Waals surface area contributed by atoms with Crippen molar-refractivity contribution in [1.29, 1.82) is 0 Å². The number of aromatic carboxylic acids is 1. The van der Waals surface area contributed by atoms with Crippen molar-refractivity contribution < 1.29 is 19.4 Å². The lowest BCUT2D eigenvalue weighted by Crippen LogP contribution is -1.95. The van der Waals surface area contributed by atoms with E-state index in [1.807, 2.05) is 12.1 Å². The summed E-state index contributed by atoms with van der Waals surface area (Å²) in [6, 6.07) is 6.97. The monoisotopic (exact) mass is 262 g/mol. The smallest absolute Gasteiger partial charge is 0.353 e. The van der Waals surface area contributed by atoms with Gasteiger partial charge in [0.1, 0.15) is 11.4 Å². The molecule has 1 heterocycles. The molecular weight excluding hydrogens is 248 g/mol. The van der Waals surface area contributed by atoms with Crippen LogP contribution in [0.5, 0.6) is 5.75 Å². The van der Waals surface area contributed by atoms with Gasteiger partial charge in [0, 0.05) is 12.7 Å². The van der Waals surface area contributed by atoms with Crippen LogP contribution in [0, 0.1) is 0 Å². The van der Waals surface area contributed by atoms with Crippen molar-refractivity contribution in [2.45, 2.75) is 6.61 Å². The van der Waals surface area contributed by atoms with Gasteiger partial charge in [-0.05, 0) is 23.8 Å². The van der Waals surface area contributed by atoms with Crippen LogP contribution in [0.15, 0.2) is 24.3 Å². The molecule has 0 atom stereocenters. The van der Waals surface area contributed by atoms with E-state index in [0.29, 0.717) is 18.1 Å². The van der Waals surface area contributed by atoms with Gasteiger partial charge in [0.05, 0.1) is 19.4 Å². The second-order valence-corrected chi connectivity index (χ2v) is 3.93. The Balaban J connectivity index is 2.47. The fourth-order valence-electron chi connectivity index (χ4n) is 1.77. The van der Waals surface area contributed by atoms with Crippen molar-refractivity contribution in [2.24, 2.45) is 0 Å². The van der Waals surface area contributed by atoms with Crippen molar-refractivity contribution in [3.63, 3.8) is 0 Å². The second-order valence-electron chi connectivity index (χ2n) is 3.93. The van der Waals surface area contributed by atoms with Gasteiger partial charge in [0.2, 0.25) is 0 Å². The maximum atomic E-state index is 10.9. The summed E-state index contributed by atoms with van der Waals surface area (Å²) >= 11 is 0. The molecule has 6 nitrogen and oxygen atoms in total. The van der Waals surface area contributed by atoms with E-state index in [2.05, 4.69) is 10.2 Å². The number of aromatic nitrogens is 2. The number of ether oxygens (including phenoxy) is 2. The summed E-state index contributed by atoms with van der Waals surface area (Å²) in [5, 5.41) is 15.4. The normalized spacial score (nSPS) is 10.4. The molecule has 0 aliphatic heterocycles. The second kappa shape index (κ2) is 5.53. The summed E-state index contributed by atoms with van der Waals surface area (Å²) in [6.45, 7) is 0.411. The summed E-state index contributed by atoms with van der Waals surface area (Å²) in [4.78, 5) is 10.9. The standard InChI is InChI=1S/C13H14N2O4/c1-18-7-8-3-4-9(19-2)5-10(8)11-6-12(13(16)17)15-14-11/h3-6H,7H2,1-2H3,(H,14,15)(H,16,17). The average molecular weight is 262 g/mol. The summed E-state index contributed by atoms with van der Waals surface area (Å²) in [7, 11) is 3.17. The number of hydrogen-bond donors (Lipinski definition) is 2. The quantitative estimate of drug-likeness (QED) is 0.860. The highest BCUT2D eigenvalue weighted by atomic mass is 16.5. The Labute approximate surface area is 110 Å². The number of methoxy groups -OCH3 is 2. The van der Waals surface area contributed by atoms with E-state index in [9.17, 15) is 4.79 Å². The van der Waals surface area contributed by atoms with E-state index < -0.39 is 5.97 Å². The third-order valence-corrected chi connectivity index (χ3v) is 2.70. The molecule has 0 saturated carbocycles. The van der Waals surface area contributed by atoms with E-state index in [4.69, 9.17) is 14.6 Å². The Hall–Kier alpha value is -2.34. The lowest BCUT2D eigenvalue weighted by Gasteiger charge is -2.08. The zero-order valence-electron chi connectivity index (χ0n) is 10.6. The number of nitrogens with one attached hydrogen (secondary N) is 1. The van der Waals surface area contributed by atoms with Crippen LogP contribution in [0.2, 0.25) is 0 Å². The van der Waals surface area contributed by atoms with Crippen LogP contribution in [0.1, 0.15) is 16.1 Å². The van der Waals surface area contributed by atoms with Gasteiger partial charge < -0.3 is 14.6 Å². The first kappa shape index (κ1) is 13.1. The van der Waals surface area contributed by atoms with Crippen LogP contribution in [0.4, 0.5) is 0 Å². The van der Waals surface area contributed by atoms with Crippen molar-refractivity contribution in [3.05, 3.63) is 35.5 Å². The van der Waals surface area contributed by atoms with Crippen LogP contribution < -0.4 is 4.74 Å². The highest BCUT2D eigenvalue weighted by Crippen LogP contribution is 2.27. The lowest BCUT2D eigenvalue weighted by atomic mass is 10.0. The van der Waals surface area contributed by atoms with Gasteiger partial charge in [-0.2, -0.15) is 5.10 Å². The SMILES string of the molecule is COCc1ccc(OC)cc1-c1cc(C(=O)O)[nH]n1. The number of carboxylic acids is 1. The average Bonchev–Trinajstić information content (AvgIpc) is 2.89.